The number of aliphatic hydroxyl groups is 1. The van der Waals surface area contributed by atoms with Crippen molar-refractivity contribution in [3.05, 3.63) is 0 Å². The maximum absolute atomic E-state index is 11.4. The molecule has 1 fully saturated rings. The average molecular weight is 242 g/mol. The Labute approximate surface area is 102 Å². The van der Waals surface area contributed by atoms with Gasteiger partial charge in [0.1, 0.15) is 0 Å². The van der Waals surface area contributed by atoms with Gasteiger partial charge in [-0.25, -0.2) is 0 Å². The average Bonchev–Trinajstić information content (AvgIpc) is 2.35. The molecule has 1 saturated carbocycles. The maximum atomic E-state index is 11.4. The summed E-state index contributed by atoms with van der Waals surface area (Å²) >= 11 is 0. The van der Waals surface area contributed by atoms with Crippen molar-refractivity contribution >= 4 is 11.8 Å². The zero-order valence-electron chi connectivity index (χ0n) is 10.4. The van der Waals surface area contributed by atoms with Crippen LogP contribution >= 0.6 is 0 Å². The molecule has 0 bridgehead atoms. The Bertz CT molecular complexity index is 273. The van der Waals surface area contributed by atoms with Gasteiger partial charge in [-0.2, -0.15) is 0 Å². The van der Waals surface area contributed by atoms with Crippen LogP contribution in [0.3, 0.4) is 0 Å². The van der Waals surface area contributed by atoms with Gasteiger partial charge in [-0.3, -0.25) is 9.59 Å². The number of amides is 2. The van der Waals surface area contributed by atoms with Gasteiger partial charge in [-0.1, -0.05) is 19.3 Å². The molecule has 3 N–H and O–H groups in total. The van der Waals surface area contributed by atoms with E-state index >= 15 is 0 Å². The third kappa shape index (κ3) is 4.73. The van der Waals surface area contributed by atoms with Crippen LogP contribution in [0.4, 0.5) is 0 Å². The van der Waals surface area contributed by atoms with Crippen LogP contribution in [0.1, 0.15) is 39.0 Å². The number of nitrogens with one attached hydrogen (secondary N) is 2. The molecule has 1 aliphatic rings. The molecule has 0 aromatic heterocycles. The van der Waals surface area contributed by atoms with Crippen molar-refractivity contribution in [2.75, 3.05) is 19.7 Å². The highest BCUT2D eigenvalue weighted by atomic mass is 16.3. The molecule has 5 nitrogen and oxygen atoms in total. The van der Waals surface area contributed by atoms with Crippen molar-refractivity contribution in [1.82, 2.24) is 10.6 Å². The van der Waals surface area contributed by atoms with Crippen LogP contribution in [0.25, 0.3) is 0 Å². The van der Waals surface area contributed by atoms with Crippen molar-refractivity contribution in [1.29, 1.82) is 0 Å². The van der Waals surface area contributed by atoms with Gasteiger partial charge in [0.15, 0.2) is 0 Å². The zero-order valence-corrected chi connectivity index (χ0v) is 10.4. The van der Waals surface area contributed by atoms with Gasteiger partial charge < -0.3 is 15.7 Å². The van der Waals surface area contributed by atoms with E-state index in [2.05, 4.69) is 10.6 Å². The summed E-state index contributed by atoms with van der Waals surface area (Å²) in [5.74, 6) is -0.409. The summed E-state index contributed by atoms with van der Waals surface area (Å²) in [6.07, 6.45) is 5.36. The van der Waals surface area contributed by atoms with Gasteiger partial charge in [0.25, 0.3) is 0 Å². The summed E-state index contributed by atoms with van der Waals surface area (Å²) in [5, 5.41) is 14.7. The summed E-state index contributed by atoms with van der Waals surface area (Å²) < 4.78 is 0. The molecule has 17 heavy (non-hydrogen) atoms. The molecular formula is C12H22N2O3. The Kier molecular flexibility index (Phi) is 5.41. The molecule has 0 aliphatic heterocycles. The van der Waals surface area contributed by atoms with Gasteiger partial charge in [0, 0.05) is 18.9 Å². The first-order valence-electron chi connectivity index (χ1n) is 6.20. The summed E-state index contributed by atoms with van der Waals surface area (Å²) in [4.78, 5) is 22.1. The van der Waals surface area contributed by atoms with Crippen LogP contribution < -0.4 is 10.6 Å². The molecule has 0 saturated heterocycles. The Balaban J connectivity index is 2.31. The van der Waals surface area contributed by atoms with E-state index < -0.39 is 0 Å². The SMILES string of the molecule is CC(=O)NCC(=O)NCC1(CO)CCCCC1. The second kappa shape index (κ2) is 6.59. The van der Waals surface area contributed by atoms with Crippen LogP contribution in [0.5, 0.6) is 0 Å². The van der Waals surface area contributed by atoms with Gasteiger partial charge >= 0.3 is 0 Å². The van der Waals surface area contributed by atoms with Crippen LogP contribution in [-0.2, 0) is 9.59 Å². The lowest BCUT2D eigenvalue weighted by Crippen LogP contribution is -2.44. The minimum atomic E-state index is -0.213. The predicted molar refractivity (Wildman–Crippen MR) is 64.3 cm³/mol. The van der Waals surface area contributed by atoms with E-state index in [0.717, 1.165) is 25.7 Å². The molecule has 0 aromatic carbocycles. The Morgan fingerprint density at radius 3 is 2.35 bits per heavy atom. The number of rotatable bonds is 5. The third-order valence-corrected chi connectivity index (χ3v) is 3.41. The molecule has 1 aliphatic carbocycles. The Morgan fingerprint density at radius 1 is 1.18 bits per heavy atom. The van der Waals surface area contributed by atoms with E-state index in [1.807, 2.05) is 0 Å². The first kappa shape index (κ1) is 14.0. The van der Waals surface area contributed by atoms with Crippen molar-refractivity contribution in [3.8, 4) is 0 Å². The standard InChI is InChI=1S/C12H22N2O3/c1-10(16)13-7-11(17)14-8-12(9-15)5-3-2-4-6-12/h15H,2-9H2,1H3,(H,13,16)(H,14,17). The minimum absolute atomic E-state index is 0.0108. The molecule has 0 unspecified atom stereocenters. The fourth-order valence-electron chi connectivity index (χ4n) is 2.25. The quantitative estimate of drug-likeness (QED) is 0.643. The largest absolute Gasteiger partial charge is 0.396 e. The third-order valence-electron chi connectivity index (χ3n) is 3.41. The number of aliphatic hydroxyl groups excluding tert-OH is 1. The Morgan fingerprint density at radius 2 is 1.82 bits per heavy atom. The zero-order chi connectivity index (χ0) is 12.7. The van der Waals surface area contributed by atoms with E-state index in [4.69, 9.17) is 0 Å². The fraction of sp³-hybridized carbons (Fsp3) is 0.833. The molecule has 98 valence electrons. The molecule has 2 amide bonds. The van der Waals surface area contributed by atoms with E-state index in [1.165, 1.54) is 13.3 Å². The maximum Gasteiger partial charge on any atom is 0.239 e. The highest BCUT2D eigenvalue weighted by Gasteiger charge is 2.31. The summed E-state index contributed by atoms with van der Waals surface area (Å²) in [6.45, 7) is 2.01. The predicted octanol–water partition coefficient (Wildman–Crippen LogP) is 0.181. The minimum Gasteiger partial charge on any atom is -0.396 e. The van der Waals surface area contributed by atoms with Gasteiger partial charge in [0.05, 0.1) is 13.2 Å². The van der Waals surface area contributed by atoms with Gasteiger partial charge in [-0.15, -0.1) is 0 Å². The molecule has 1 rings (SSSR count). The van der Waals surface area contributed by atoms with Gasteiger partial charge in [-0.05, 0) is 12.8 Å². The highest BCUT2D eigenvalue weighted by molar-refractivity contribution is 5.83. The van der Waals surface area contributed by atoms with Gasteiger partial charge in [0.2, 0.25) is 11.8 Å². The van der Waals surface area contributed by atoms with Crippen LogP contribution in [0.2, 0.25) is 0 Å². The first-order valence-corrected chi connectivity index (χ1v) is 6.20. The molecule has 0 heterocycles. The fourth-order valence-corrected chi connectivity index (χ4v) is 2.25. The molecule has 0 radical (unpaired) electrons. The van der Waals surface area contributed by atoms with Crippen LogP contribution in [0, 0.1) is 5.41 Å². The lowest BCUT2D eigenvalue weighted by atomic mass is 9.74. The second-order valence-electron chi connectivity index (χ2n) is 4.91. The lowest BCUT2D eigenvalue weighted by Gasteiger charge is -2.35. The van der Waals surface area contributed by atoms with E-state index in [-0.39, 0.29) is 30.4 Å². The van der Waals surface area contributed by atoms with E-state index in [0.29, 0.717) is 6.54 Å². The van der Waals surface area contributed by atoms with Crippen molar-refractivity contribution < 1.29 is 14.7 Å². The van der Waals surface area contributed by atoms with Crippen molar-refractivity contribution in [3.63, 3.8) is 0 Å². The number of hydrogen-bond acceptors (Lipinski definition) is 3. The normalized spacial score (nSPS) is 18.5. The van der Waals surface area contributed by atoms with E-state index in [9.17, 15) is 14.7 Å². The number of hydrogen-bond donors (Lipinski definition) is 3. The van der Waals surface area contributed by atoms with Crippen LogP contribution in [-0.4, -0.2) is 36.6 Å². The van der Waals surface area contributed by atoms with E-state index in [1.54, 1.807) is 0 Å². The Hall–Kier alpha value is -1.10. The summed E-state index contributed by atoms with van der Waals surface area (Å²) in [6, 6.07) is 0. The smallest absolute Gasteiger partial charge is 0.239 e. The van der Waals surface area contributed by atoms with Crippen molar-refractivity contribution in [2.24, 2.45) is 5.41 Å². The summed E-state index contributed by atoms with van der Waals surface area (Å²) in [7, 11) is 0. The topological polar surface area (TPSA) is 78.4 Å². The summed E-state index contributed by atoms with van der Waals surface area (Å²) in [5.41, 5.74) is -0.149. The molecule has 5 heteroatoms. The molecule has 0 aromatic rings. The highest BCUT2D eigenvalue weighted by Crippen LogP contribution is 2.35. The lowest BCUT2D eigenvalue weighted by molar-refractivity contribution is -0.125. The van der Waals surface area contributed by atoms with Crippen molar-refractivity contribution in [2.45, 2.75) is 39.0 Å². The van der Waals surface area contributed by atoms with Crippen LogP contribution in [0.15, 0.2) is 0 Å². The molecule has 0 spiro atoms. The molecular weight excluding hydrogens is 220 g/mol. The number of carbonyl (C=O) groups is 2. The second-order valence-corrected chi connectivity index (χ2v) is 4.91. The molecule has 0 atom stereocenters. The monoisotopic (exact) mass is 242 g/mol. The number of carbonyl (C=O) groups excluding carboxylic acids is 2. The first-order chi connectivity index (χ1) is 8.08.